The van der Waals surface area contributed by atoms with E-state index in [1.807, 2.05) is 30.5 Å². The molecule has 3 saturated heterocycles. The van der Waals surface area contributed by atoms with Crippen molar-refractivity contribution in [3.8, 4) is 22.4 Å². The second kappa shape index (κ2) is 17.9. The van der Waals surface area contributed by atoms with Crippen molar-refractivity contribution >= 4 is 34.6 Å². The Morgan fingerprint density at radius 1 is 0.968 bits per heavy atom. The molecule has 3 aliphatic heterocycles. The average Bonchev–Trinajstić information content (AvgIpc) is 3.60. The number of nitrogens with one attached hydrogen (secondary N) is 2. The number of fused-ring (bicyclic) bond motifs is 6. The predicted octanol–water partition coefficient (Wildman–Crippen LogP) is 6.88. The molecular weight excluding hydrogens is 799 g/mol. The van der Waals surface area contributed by atoms with Crippen molar-refractivity contribution in [2.45, 2.75) is 122 Å². The third-order valence-corrected chi connectivity index (χ3v) is 13.6. The SMILES string of the molecule is CCn1c2c(c3cc(-c4cccc(C[C@H](NC(=O)OC(C)(C)C)C(=O)N5CCC[C@@H](C(=O)O)N5)c4)ccc31)C(C(C)(C)CO)[C@H](OC)c1ncc(N3CCN4CCCC[C@@H]4C3)cc1-2. The monoisotopic (exact) mass is 863 g/mol. The lowest BCUT2D eigenvalue weighted by Crippen LogP contribution is -2.60. The second-order valence-electron chi connectivity index (χ2n) is 19.5. The maximum absolute atomic E-state index is 14.0. The molecule has 3 fully saturated rings. The van der Waals surface area contributed by atoms with Crippen molar-refractivity contribution in [2.24, 2.45) is 5.41 Å². The maximum atomic E-state index is 14.0. The van der Waals surface area contributed by atoms with Gasteiger partial charge in [-0.1, -0.05) is 50.6 Å². The number of aliphatic carboxylic acids is 1. The highest BCUT2D eigenvalue weighted by atomic mass is 16.6. The molecule has 5 atom stereocenters. The van der Waals surface area contributed by atoms with Crippen LogP contribution < -0.4 is 15.6 Å². The van der Waals surface area contributed by atoms with E-state index in [1.165, 1.54) is 30.8 Å². The number of hydrogen-bond donors (Lipinski definition) is 4. The topological polar surface area (TPSA) is 162 Å². The molecule has 1 unspecified atom stereocenters. The van der Waals surface area contributed by atoms with E-state index in [4.69, 9.17) is 14.5 Å². The van der Waals surface area contributed by atoms with Crippen LogP contribution in [0.25, 0.3) is 33.3 Å². The molecule has 1 aliphatic carbocycles. The van der Waals surface area contributed by atoms with Crippen LogP contribution in [-0.2, 0) is 32.0 Å². The molecule has 63 heavy (non-hydrogen) atoms. The molecule has 2 amide bonds. The molecule has 2 aromatic heterocycles. The van der Waals surface area contributed by atoms with Crippen LogP contribution in [0.3, 0.4) is 0 Å². The number of nitrogens with zero attached hydrogens (tertiary/aromatic N) is 5. The van der Waals surface area contributed by atoms with E-state index in [9.17, 15) is 24.6 Å². The minimum atomic E-state index is -1.04. The van der Waals surface area contributed by atoms with Crippen LogP contribution >= 0.6 is 0 Å². The van der Waals surface area contributed by atoms with Crippen molar-refractivity contribution in [3.05, 3.63) is 71.5 Å². The lowest BCUT2D eigenvalue weighted by Gasteiger charge is -2.45. The largest absolute Gasteiger partial charge is 0.480 e. The number of pyridine rings is 1. The number of benzene rings is 2. The lowest BCUT2D eigenvalue weighted by molar-refractivity contribution is -0.147. The molecule has 2 aromatic carbocycles. The number of hydrazine groups is 1. The molecule has 338 valence electrons. The van der Waals surface area contributed by atoms with Crippen molar-refractivity contribution in [1.82, 2.24) is 30.2 Å². The molecule has 0 radical (unpaired) electrons. The molecule has 5 heterocycles. The average molecular weight is 864 g/mol. The highest BCUT2D eigenvalue weighted by molar-refractivity contribution is 5.97. The number of aliphatic hydroxyl groups is 1. The van der Waals surface area contributed by atoms with Crippen molar-refractivity contribution in [3.63, 3.8) is 0 Å². The van der Waals surface area contributed by atoms with Crippen molar-refractivity contribution in [2.75, 3.05) is 51.3 Å². The van der Waals surface area contributed by atoms with Crippen LogP contribution in [0.15, 0.2) is 54.7 Å². The summed E-state index contributed by atoms with van der Waals surface area (Å²) < 4.78 is 14.4. The van der Waals surface area contributed by atoms with E-state index < -0.39 is 47.2 Å². The number of alkyl carbamates (subject to hydrolysis) is 1. The minimum Gasteiger partial charge on any atom is -0.480 e. The Balaban J connectivity index is 1.18. The number of anilines is 1. The fraction of sp³-hybridized carbons (Fsp3) is 0.551. The number of aryl methyl sites for hydroxylation is 1. The lowest BCUT2D eigenvalue weighted by atomic mass is 9.67. The zero-order valence-electron chi connectivity index (χ0n) is 37.9. The molecule has 0 bridgehead atoms. The van der Waals surface area contributed by atoms with Gasteiger partial charge in [0.25, 0.3) is 5.91 Å². The van der Waals surface area contributed by atoms with Gasteiger partial charge in [0.1, 0.15) is 23.8 Å². The van der Waals surface area contributed by atoms with Gasteiger partial charge in [0, 0.05) is 81.3 Å². The normalized spacial score (nSPS) is 22.2. The number of carboxylic acid groups (broad SMARTS) is 1. The molecule has 0 spiro atoms. The van der Waals surface area contributed by atoms with Gasteiger partial charge in [-0.2, -0.15) is 0 Å². The first-order chi connectivity index (χ1) is 30.1. The van der Waals surface area contributed by atoms with Gasteiger partial charge in [0.15, 0.2) is 0 Å². The number of methoxy groups -OCH3 is 1. The van der Waals surface area contributed by atoms with Gasteiger partial charge in [-0.15, -0.1) is 0 Å². The smallest absolute Gasteiger partial charge is 0.408 e. The van der Waals surface area contributed by atoms with Crippen LogP contribution in [0, 0.1) is 5.41 Å². The summed E-state index contributed by atoms with van der Waals surface area (Å²) in [6, 6.07) is 15.5. The molecule has 14 nitrogen and oxygen atoms in total. The summed E-state index contributed by atoms with van der Waals surface area (Å²) in [6.07, 6.45) is 5.74. The molecule has 4 aromatic rings. The van der Waals surface area contributed by atoms with Crippen molar-refractivity contribution < 1.29 is 34.1 Å². The number of rotatable bonds is 11. The number of ether oxygens (including phenoxy) is 2. The Kier molecular flexibility index (Phi) is 12.6. The Morgan fingerprint density at radius 3 is 2.49 bits per heavy atom. The van der Waals surface area contributed by atoms with Crippen molar-refractivity contribution in [1.29, 1.82) is 0 Å². The molecule has 8 rings (SSSR count). The Hall–Kier alpha value is -5.02. The fourth-order valence-electron chi connectivity index (χ4n) is 10.5. The number of aromatic nitrogens is 2. The van der Waals surface area contributed by atoms with Gasteiger partial charge in [0.2, 0.25) is 0 Å². The van der Waals surface area contributed by atoms with E-state index >= 15 is 0 Å². The molecular formula is C49H65N7O7. The van der Waals surface area contributed by atoms with Crippen LogP contribution in [0.2, 0.25) is 0 Å². The predicted molar refractivity (Wildman–Crippen MR) is 243 cm³/mol. The number of carbonyl (C=O) groups is 3. The number of hydrogen-bond acceptors (Lipinski definition) is 10. The van der Waals surface area contributed by atoms with Crippen LogP contribution in [-0.4, -0.2) is 118 Å². The zero-order chi connectivity index (χ0) is 44.8. The zero-order valence-corrected chi connectivity index (χ0v) is 37.9. The molecule has 4 N–H and O–H groups in total. The van der Waals surface area contributed by atoms with Gasteiger partial charge < -0.3 is 34.5 Å². The number of carboxylic acids is 1. The van der Waals surface area contributed by atoms with Gasteiger partial charge in [-0.05, 0) is 106 Å². The fourth-order valence-corrected chi connectivity index (χ4v) is 10.5. The quantitative estimate of drug-likeness (QED) is 0.124. The van der Waals surface area contributed by atoms with E-state index in [1.54, 1.807) is 27.9 Å². The standard InChI is InChI=1S/C49H65N7O7/c1-8-55-39-18-17-32(31-14-11-13-30(23-31)24-38(51-47(61)63-48(2,3)4)45(58)56-20-12-16-37(52-56)46(59)60)25-35(39)40-41(49(5,6)29-57)44(62-7)42-36(43(40)55)26-34(27-50-42)54-22-21-53-19-10-9-15-33(53)28-54/h11,13-14,17-18,23,25-27,33,37-38,41,44,52,57H,8-10,12,15-16,19-22,24,28-29H2,1-7H3,(H,51,61)(H,59,60)/t33-,37+,38+,41?,44+/m1/s1. The first-order valence-corrected chi connectivity index (χ1v) is 22.8. The Bertz CT molecular complexity index is 2350. The van der Waals surface area contributed by atoms with Crippen LogP contribution in [0.5, 0.6) is 0 Å². The Morgan fingerprint density at radius 2 is 1.76 bits per heavy atom. The maximum Gasteiger partial charge on any atom is 0.408 e. The molecule has 4 aliphatic rings. The van der Waals surface area contributed by atoms with Gasteiger partial charge >= 0.3 is 12.1 Å². The summed E-state index contributed by atoms with van der Waals surface area (Å²) in [7, 11) is 1.75. The first-order valence-electron chi connectivity index (χ1n) is 22.8. The summed E-state index contributed by atoms with van der Waals surface area (Å²) in [5.74, 6) is -1.69. The van der Waals surface area contributed by atoms with E-state index in [0.717, 1.165) is 82.0 Å². The number of amides is 2. The summed E-state index contributed by atoms with van der Waals surface area (Å²) >= 11 is 0. The van der Waals surface area contributed by atoms with E-state index in [2.05, 4.69) is 70.1 Å². The number of carbonyl (C=O) groups excluding carboxylic acids is 2. The third-order valence-electron chi connectivity index (χ3n) is 13.6. The van der Waals surface area contributed by atoms with E-state index in [0.29, 0.717) is 25.4 Å². The highest BCUT2D eigenvalue weighted by Crippen LogP contribution is 2.57. The Labute approximate surface area is 370 Å². The number of aliphatic hydroxyl groups excluding tert-OH is 1. The summed E-state index contributed by atoms with van der Waals surface area (Å²) in [5, 5.41) is 25.9. The molecule has 0 saturated carbocycles. The van der Waals surface area contributed by atoms with E-state index in [-0.39, 0.29) is 18.9 Å². The summed E-state index contributed by atoms with van der Waals surface area (Å²) in [5.41, 5.74) is 10.6. The number of piperazine rings is 1. The minimum absolute atomic E-state index is 0.0439. The van der Waals surface area contributed by atoms with Gasteiger partial charge in [0.05, 0.1) is 23.3 Å². The third kappa shape index (κ3) is 8.92. The first kappa shape index (κ1) is 44.6. The van der Waals surface area contributed by atoms with Gasteiger partial charge in [-0.25, -0.2) is 10.2 Å². The van der Waals surface area contributed by atoms with Crippen LogP contribution in [0.4, 0.5) is 10.5 Å². The number of piperidine rings is 1. The molecule has 14 heteroatoms. The second-order valence-corrected chi connectivity index (χ2v) is 19.5. The summed E-state index contributed by atoms with van der Waals surface area (Å²) in [4.78, 5) is 49.4. The van der Waals surface area contributed by atoms with Crippen LogP contribution in [0.1, 0.15) is 102 Å². The van der Waals surface area contributed by atoms with Gasteiger partial charge in [-0.3, -0.25) is 24.5 Å². The highest BCUT2D eigenvalue weighted by Gasteiger charge is 2.47. The summed E-state index contributed by atoms with van der Waals surface area (Å²) in [6.45, 7) is 16.8.